The second kappa shape index (κ2) is 6.15. The Balaban J connectivity index is 2.21. The number of hydrogen-bond acceptors (Lipinski definition) is 3. The van der Waals surface area contributed by atoms with E-state index in [1.165, 1.54) is 0 Å². The molecule has 2 aromatic carbocycles. The molecule has 0 atom stereocenters. The molecule has 0 aromatic heterocycles. The third-order valence-corrected chi connectivity index (χ3v) is 3.53. The smallest absolute Gasteiger partial charge is 0.255 e. The Labute approximate surface area is 130 Å². The number of nitrogens with two attached hydrogens (primary N) is 1. The van der Waals surface area contributed by atoms with Crippen LogP contribution in [0.15, 0.2) is 40.9 Å². The average Bonchev–Trinajstić information content (AvgIpc) is 2.41. The number of anilines is 2. The number of methoxy groups -OCH3 is 1. The van der Waals surface area contributed by atoms with Crippen LogP contribution < -0.4 is 15.8 Å². The van der Waals surface area contributed by atoms with Crippen LogP contribution in [0.2, 0.25) is 5.02 Å². The first kappa shape index (κ1) is 14.7. The van der Waals surface area contributed by atoms with Crippen molar-refractivity contribution in [1.29, 1.82) is 0 Å². The Morgan fingerprint density at radius 3 is 2.65 bits per heavy atom. The molecule has 6 heteroatoms. The van der Waals surface area contributed by atoms with Crippen molar-refractivity contribution >= 4 is 44.8 Å². The van der Waals surface area contributed by atoms with E-state index in [1.807, 2.05) is 0 Å². The zero-order chi connectivity index (χ0) is 14.7. The quantitative estimate of drug-likeness (QED) is 0.820. The lowest BCUT2D eigenvalue weighted by Gasteiger charge is -2.10. The number of nitrogens with one attached hydrogen (secondary N) is 1. The van der Waals surface area contributed by atoms with Gasteiger partial charge in [0.15, 0.2) is 0 Å². The van der Waals surface area contributed by atoms with E-state index < -0.39 is 0 Å². The third-order valence-electron chi connectivity index (χ3n) is 2.68. The lowest BCUT2D eigenvalue weighted by molar-refractivity contribution is 0.102. The molecular weight excluding hydrogens is 344 g/mol. The zero-order valence-electron chi connectivity index (χ0n) is 10.6. The normalized spacial score (nSPS) is 10.2. The summed E-state index contributed by atoms with van der Waals surface area (Å²) in [6.45, 7) is 0. The van der Waals surface area contributed by atoms with Crippen LogP contribution in [-0.4, -0.2) is 13.0 Å². The number of amides is 1. The number of nitrogen functional groups attached to an aromatic ring is 1. The summed E-state index contributed by atoms with van der Waals surface area (Å²) in [5.41, 5.74) is 7.22. The molecule has 0 heterocycles. The molecular formula is C14H12BrClN2O2. The standard InChI is InChI=1S/C14H12BrClN2O2/c1-20-13-5-2-8(6-10(13)15)14(19)18-12-4-3-9(16)7-11(12)17/h2-7H,17H2,1H3,(H,18,19). The number of benzene rings is 2. The molecule has 0 fully saturated rings. The van der Waals surface area contributed by atoms with Crippen LogP contribution in [0.25, 0.3) is 0 Å². The van der Waals surface area contributed by atoms with Gasteiger partial charge in [0.2, 0.25) is 0 Å². The van der Waals surface area contributed by atoms with Gasteiger partial charge in [0.25, 0.3) is 5.91 Å². The van der Waals surface area contributed by atoms with Gasteiger partial charge in [-0.05, 0) is 52.3 Å². The highest BCUT2D eigenvalue weighted by Crippen LogP contribution is 2.27. The molecule has 1 amide bonds. The molecule has 20 heavy (non-hydrogen) atoms. The van der Waals surface area contributed by atoms with E-state index in [9.17, 15) is 4.79 Å². The number of rotatable bonds is 3. The van der Waals surface area contributed by atoms with E-state index in [0.717, 1.165) is 0 Å². The summed E-state index contributed by atoms with van der Waals surface area (Å²) in [5, 5.41) is 3.26. The first-order chi connectivity index (χ1) is 9.51. The number of carbonyl (C=O) groups excluding carboxylic acids is 1. The highest BCUT2D eigenvalue weighted by atomic mass is 79.9. The number of halogens is 2. The van der Waals surface area contributed by atoms with Gasteiger partial charge in [-0.1, -0.05) is 11.6 Å². The van der Waals surface area contributed by atoms with E-state index in [2.05, 4.69) is 21.2 Å². The molecule has 0 aliphatic rings. The molecule has 104 valence electrons. The van der Waals surface area contributed by atoms with Crippen molar-refractivity contribution in [3.8, 4) is 5.75 Å². The molecule has 0 saturated carbocycles. The fourth-order valence-electron chi connectivity index (χ4n) is 1.65. The van der Waals surface area contributed by atoms with Gasteiger partial charge in [0.05, 0.1) is 23.0 Å². The Hall–Kier alpha value is -1.72. The Bertz CT molecular complexity index is 662. The summed E-state index contributed by atoms with van der Waals surface area (Å²) in [6, 6.07) is 9.97. The van der Waals surface area contributed by atoms with Gasteiger partial charge in [-0.2, -0.15) is 0 Å². The molecule has 0 radical (unpaired) electrons. The largest absolute Gasteiger partial charge is 0.496 e. The van der Waals surface area contributed by atoms with Crippen LogP contribution in [0.4, 0.5) is 11.4 Å². The van der Waals surface area contributed by atoms with Crippen LogP contribution in [-0.2, 0) is 0 Å². The first-order valence-electron chi connectivity index (χ1n) is 5.71. The maximum Gasteiger partial charge on any atom is 0.255 e. The lowest BCUT2D eigenvalue weighted by atomic mass is 10.2. The van der Waals surface area contributed by atoms with E-state index in [1.54, 1.807) is 43.5 Å². The van der Waals surface area contributed by atoms with Crippen molar-refractivity contribution in [2.75, 3.05) is 18.2 Å². The lowest BCUT2D eigenvalue weighted by Crippen LogP contribution is -2.13. The number of hydrogen-bond donors (Lipinski definition) is 2. The van der Waals surface area contributed by atoms with E-state index in [0.29, 0.717) is 32.2 Å². The summed E-state index contributed by atoms with van der Waals surface area (Å²) < 4.78 is 5.82. The maximum absolute atomic E-state index is 12.1. The van der Waals surface area contributed by atoms with Crippen molar-refractivity contribution in [3.05, 3.63) is 51.5 Å². The summed E-state index contributed by atoms with van der Waals surface area (Å²) in [6.07, 6.45) is 0. The van der Waals surface area contributed by atoms with E-state index >= 15 is 0 Å². The topological polar surface area (TPSA) is 64.3 Å². The van der Waals surface area contributed by atoms with Crippen molar-refractivity contribution in [2.24, 2.45) is 0 Å². The zero-order valence-corrected chi connectivity index (χ0v) is 13.0. The molecule has 0 spiro atoms. The van der Waals surface area contributed by atoms with E-state index in [-0.39, 0.29) is 5.91 Å². The fourth-order valence-corrected chi connectivity index (χ4v) is 2.37. The predicted molar refractivity (Wildman–Crippen MR) is 84.5 cm³/mol. The van der Waals surface area contributed by atoms with Crippen LogP contribution >= 0.6 is 27.5 Å². The molecule has 2 aromatic rings. The summed E-state index contributed by atoms with van der Waals surface area (Å²) in [7, 11) is 1.56. The van der Waals surface area contributed by atoms with Gasteiger partial charge in [-0.25, -0.2) is 0 Å². The van der Waals surface area contributed by atoms with Crippen molar-refractivity contribution in [2.45, 2.75) is 0 Å². The van der Waals surface area contributed by atoms with Crippen molar-refractivity contribution < 1.29 is 9.53 Å². The maximum atomic E-state index is 12.1. The summed E-state index contributed by atoms with van der Waals surface area (Å²) in [5.74, 6) is 0.398. The fraction of sp³-hybridized carbons (Fsp3) is 0.0714. The van der Waals surface area contributed by atoms with Crippen molar-refractivity contribution in [3.63, 3.8) is 0 Å². The van der Waals surface area contributed by atoms with Crippen LogP contribution in [0.5, 0.6) is 5.75 Å². The number of ether oxygens (including phenoxy) is 1. The minimum Gasteiger partial charge on any atom is -0.496 e. The highest BCUT2D eigenvalue weighted by Gasteiger charge is 2.10. The Kier molecular flexibility index (Phi) is 4.52. The minimum atomic E-state index is -0.262. The van der Waals surface area contributed by atoms with Gasteiger partial charge >= 0.3 is 0 Å². The van der Waals surface area contributed by atoms with Crippen molar-refractivity contribution in [1.82, 2.24) is 0 Å². The minimum absolute atomic E-state index is 0.262. The van der Waals surface area contributed by atoms with Gasteiger partial charge in [0, 0.05) is 10.6 Å². The van der Waals surface area contributed by atoms with E-state index in [4.69, 9.17) is 22.1 Å². The molecule has 3 N–H and O–H groups in total. The molecule has 0 unspecified atom stereocenters. The molecule has 2 rings (SSSR count). The SMILES string of the molecule is COc1ccc(C(=O)Nc2ccc(Cl)cc2N)cc1Br. The third kappa shape index (κ3) is 3.23. The molecule has 0 saturated heterocycles. The molecule has 4 nitrogen and oxygen atoms in total. The molecule has 0 aliphatic carbocycles. The van der Waals surface area contributed by atoms with Gasteiger partial charge in [0.1, 0.15) is 5.75 Å². The summed E-state index contributed by atoms with van der Waals surface area (Å²) >= 11 is 9.15. The number of carbonyl (C=O) groups is 1. The second-order valence-corrected chi connectivity index (χ2v) is 5.33. The van der Waals surface area contributed by atoms with Crippen LogP contribution in [0.1, 0.15) is 10.4 Å². The van der Waals surface area contributed by atoms with Gasteiger partial charge in [-0.15, -0.1) is 0 Å². The Morgan fingerprint density at radius 1 is 1.30 bits per heavy atom. The first-order valence-corrected chi connectivity index (χ1v) is 6.88. The molecule has 0 aliphatic heterocycles. The molecule has 0 bridgehead atoms. The Morgan fingerprint density at radius 2 is 2.05 bits per heavy atom. The van der Waals surface area contributed by atoms with Gasteiger partial charge < -0.3 is 15.8 Å². The van der Waals surface area contributed by atoms with Gasteiger partial charge in [-0.3, -0.25) is 4.79 Å². The van der Waals surface area contributed by atoms with Crippen LogP contribution in [0.3, 0.4) is 0 Å². The van der Waals surface area contributed by atoms with Crippen LogP contribution in [0, 0.1) is 0 Å². The highest BCUT2D eigenvalue weighted by molar-refractivity contribution is 9.10. The second-order valence-electron chi connectivity index (χ2n) is 4.04. The average molecular weight is 356 g/mol. The summed E-state index contributed by atoms with van der Waals surface area (Å²) in [4.78, 5) is 12.1. The predicted octanol–water partition coefficient (Wildman–Crippen LogP) is 3.95. The monoisotopic (exact) mass is 354 g/mol.